The molecule has 0 fully saturated rings. The van der Waals surface area contributed by atoms with Crippen LogP contribution in [0.1, 0.15) is 43.6 Å². The summed E-state index contributed by atoms with van der Waals surface area (Å²) in [6.07, 6.45) is 0.188. The van der Waals surface area contributed by atoms with E-state index in [4.69, 9.17) is 4.74 Å². The Morgan fingerprint density at radius 3 is 2.30 bits per heavy atom. The Kier molecular flexibility index (Phi) is 5.72. The van der Waals surface area contributed by atoms with E-state index in [-0.39, 0.29) is 18.6 Å². The van der Waals surface area contributed by atoms with Gasteiger partial charge < -0.3 is 14.7 Å². The predicted molar refractivity (Wildman–Crippen MR) is 79.6 cm³/mol. The number of hydrogen-bond acceptors (Lipinski definition) is 3. The minimum absolute atomic E-state index is 0.0739. The summed E-state index contributed by atoms with van der Waals surface area (Å²) in [5.41, 5.74) is 1.08. The number of aliphatic hydroxyl groups excluding tert-OH is 1. The number of nitrogens with zero attached hydrogens (tertiary/aromatic N) is 1. The average Bonchev–Trinajstić information content (AvgIpc) is 2.44. The first-order valence-corrected chi connectivity index (χ1v) is 6.87. The lowest BCUT2D eigenvalue weighted by Gasteiger charge is -2.34. The maximum absolute atomic E-state index is 12.3. The fourth-order valence-electron chi connectivity index (χ4n) is 1.58. The van der Waals surface area contributed by atoms with Crippen molar-refractivity contribution in [3.8, 4) is 0 Å². The Morgan fingerprint density at radius 1 is 1.30 bits per heavy atom. The number of hydrogen-bond donors (Lipinski definition) is 1. The van der Waals surface area contributed by atoms with Crippen LogP contribution in [-0.4, -0.2) is 41.2 Å². The molecule has 0 heterocycles. The highest BCUT2D eigenvalue weighted by Gasteiger charge is 2.27. The van der Waals surface area contributed by atoms with E-state index < -0.39 is 5.54 Å². The zero-order chi connectivity index (χ0) is 15.3. The van der Waals surface area contributed by atoms with Crippen LogP contribution in [0, 0.1) is 0 Å². The van der Waals surface area contributed by atoms with E-state index >= 15 is 0 Å². The second-order valence-corrected chi connectivity index (χ2v) is 5.89. The topological polar surface area (TPSA) is 49.8 Å². The van der Waals surface area contributed by atoms with E-state index in [1.54, 1.807) is 24.1 Å². The molecule has 1 aromatic rings. The molecule has 0 saturated carbocycles. The smallest absolute Gasteiger partial charge is 0.254 e. The van der Waals surface area contributed by atoms with Crippen LogP contribution in [0.3, 0.4) is 0 Å². The lowest BCUT2D eigenvalue weighted by Crippen LogP contribution is -2.47. The summed E-state index contributed by atoms with van der Waals surface area (Å²) in [6.45, 7) is 8.11. The highest BCUT2D eigenvalue weighted by Crippen LogP contribution is 2.16. The van der Waals surface area contributed by atoms with Gasteiger partial charge in [0.2, 0.25) is 0 Å². The molecule has 112 valence electrons. The number of benzene rings is 1. The van der Waals surface area contributed by atoms with Crippen molar-refractivity contribution in [3.05, 3.63) is 35.4 Å². The van der Waals surface area contributed by atoms with Gasteiger partial charge in [0.25, 0.3) is 5.91 Å². The van der Waals surface area contributed by atoms with Gasteiger partial charge in [0.15, 0.2) is 0 Å². The number of likely N-dealkylation sites (N-methyl/N-ethyl adjacent to an activating group) is 1. The molecule has 0 aromatic heterocycles. The Balaban J connectivity index is 2.75. The van der Waals surface area contributed by atoms with Crippen LogP contribution < -0.4 is 0 Å². The maximum Gasteiger partial charge on any atom is 0.254 e. The van der Waals surface area contributed by atoms with Crippen LogP contribution in [-0.2, 0) is 11.3 Å². The Morgan fingerprint density at radius 2 is 1.85 bits per heavy atom. The quantitative estimate of drug-likeness (QED) is 0.870. The van der Waals surface area contributed by atoms with Crippen LogP contribution in [0.2, 0.25) is 0 Å². The standard InChI is InChI=1S/C16H25NO3/c1-12(2)20-10-13-6-8-14(9-7-13)15(19)17(5)16(3,4)11-18/h6-9,12,18H,10-11H2,1-5H3. The molecule has 1 N–H and O–H groups in total. The molecule has 1 amide bonds. The van der Waals surface area contributed by atoms with Crippen molar-refractivity contribution in [1.82, 2.24) is 4.90 Å². The lowest BCUT2D eigenvalue weighted by atomic mass is 10.0. The fraction of sp³-hybridized carbons (Fsp3) is 0.562. The lowest BCUT2D eigenvalue weighted by molar-refractivity contribution is 0.0472. The highest BCUT2D eigenvalue weighted by atomic mass is 16.5. The van der Waals surface area contributed by atoms with E-state index in [1.165, 1.54) is 0 Å². The third-order valence-electron chi connectivity index (χ3n) is 3.38. The van der Waals surface area contributed by atoms with E-state index in [1.807, 2.05) is 39.8 Å². The monoisotopic (exact) mass is 279 g/mol. The molecule has 1 rings (SSSR count). The van der Waals surface area contributed by atoms with Crippen molar-refractivity contribution in [2.24, 2.45) is 0 Å². The molecule has 4 nitrogen and oxygen atoms in total. The van der Waals surface area contributed by atoms with Gasteiger partial charge >= 0.3 is 0 Å². The number of carbonyl (C=O) groups is 1. The van der Waals surface area contributed by atoms with Crippen LogP contribution in [0.15, 0.2) is 24.3 Å². The molecule has 0 spiro atoms. The average molecular weight is 279 g/mol. The summed E-state index contributed by atoms with van der Waals surface area (Å²) in [4.78, 5) is 13.9. The Hall–Kier alpha value is -1.39. The first kappa shape index (κ1) is 16.7. The Labute approximate surface area is 121 Å². The minimum Gasteiger partial charge on any atom is -0.394 e. The zero-order valence-electron chi connectivity index (χ0n) is 13.0. The number of rotatable bonds is 6. The second kappa shape index (κ2) is 6.86. The van der Waals surface area contributed by atoms with Gasteiger partial charge in [-0.25, -0.2) is 0 Å². The highest BCUT2D eigenvalue weighted by molar-refractivity contribution is 5.94. The number of amides is 1. The molecule has 0 aliphatic rings. The fourth-order valence-corrected chi connectivity index (χ4v) is 1.58. The van der Waals surface area contributed by atoms with Gasteiger partial charge in [-0.15, -0.1) is 0 Å². The molecular formula is C16H25NO3. The van der Waals surface area contributed by atoms with Crippen LogP contribution in [0.5, 0.6) is 0 Å². The minimum atomic E-state index is -0.573. The van der Waals surface area contributed by atoms with Crippen molar-refractivity contribution in [2.75, 3.05) is 13.7 Å². The van der Waals surface area contributed by atoms with E-state index in [9.17, 15) is 9.90 Å². The zero-order valence-corrected chi connectivity index (χ0v) is 13.0. The third kappa shape index (κ3) is 4.32. The second-order valence-electron chi connectivity index (χ2n) is 5.89. The Bertz CT molecular complexity index is 438. The number of carbonyl (C=O) groups excluding carboxylic acids is 1. The summed E-state index contributed by atoms with van der Waals surface area (Å²) in [7, 11) is 1.70. The molecule has 0 bridgehead atoms. The van der Waals surface area contributed by atoms with E-state index in [0.717, 1.165) is 5.56 Å². The maximum atomic E-state index is 12.3. The molecule has 1 aromatic carbocycles. The summed E-state index contributed by atoms with van der Waals surface area (Å²) in [5.74, 6) is -0.0969. The first-order chi connectivity index (χ1) is 9.27. The normalized spacial score (nSPS) is 11.8. The molecule has 4 heteroatoms. The summed E-state index contributed by atoms with van der Waals surface area (Å²) in [6, 6.07) is 7.39. The SMILES string of the molecule is CC(C)OCc1ccc(C(=O)N(C)C(C)(C)CO)cc1. The van der Waals surface area contributed by atoms with E-state index in [0.29, 0.717) is 12.2 Å². The van der Waals surface area contributed by atoms with Crippen LogP contribution >= 0.6 is 0 Å². The van der Waals surface area contributed by atoms with Crippen molar-refractivity contribution < 1.29 is 14.6 Å². The molecule has 0 radical (unpaired) electrons. The van der Waals surface area contributed by atoms with Crippen LogP contribution in [0.25, 0.3) is 0 Å². The summed E-state index contributed by atoms with van der Waals surface area (Å²) in [5, 5.41) is 9.32. The predicted octanol–water partition coefficient (Wildman–Crippen LogP) is 2.45. The van der Waals surface area contributed by atoms with Crippen molar-refractivity contribution in [1.29, 1.82) is 0 Å². The van der Waals surface area contributed by atoms with E-state index in [2.05, 4.69) is 0 Å². The summed E-state index contributed by atoms with van der Waals surface area (Å²) < 4.78 is 5.52. The molecule has 0 unspecified atom stereocenters. The van der Waals surface area contributed by atoms with Crippen LogP contribution in [0.4, 0.5) is 0 Å². The van der Waals surface area contributed by atoms with Gasteiger partial charge in [-0.2, -0.15) is 0 Å². The largest absolute Gasteiger partial charge is 0.394 e. The van der Waals surface area contributed by atoms with Gasteiger partial charge in [0.1, 0.15) is 0 Å². The van der Waals surface area contributed by atoms with Gasteiger partial charge in [-0.1, -0.05) is 12.1 Å². The molecule has 0 atom stereocenters. The van der Waals surface area contributed by atoms with Crippen molar-refractivity contribution in [2.45, 2.75) is 45.9 Å². The first-order valence-electron chi connectivity index (χ1n) is 6.87. The molecule has 0 aliphatic carbocycles. The van der Waals surface area contributed by atoms with Crippen molar-refractivity contribution in [3.63, 3.8) is 0 Å². The third-order valence-corrected chi connectivity index (χ3v) is 3.38. The number of ether oxygens (including phenoxy) is 1. The molecule has 0 aliphatic heterocycles. The summed E-state index contributed by atoms with van der Waals surface area (Å²) >= 11 is 0. The van der Waals surface area contributed by atoms with Crippen molar-refractivity contribution >= 4 is 5.91 Å². The van der Waals surface area contributed by atoms with Gasteiger partial charge in [-0.05, 0) is 45.4 Å². The molecule has 0 saturated heterocycles. The molecule has 20 heavy (non-hydrogen) atoms. The van der Waals surface area contributed by atoms with Gasteiger partial charge in [0.05, 0.1) is 24.9 Å². The molecular weight excluding hydrogens is 254 g/mol. The van der Waals surface area contributed by atoms with Gasteiger partial charge in [-0.3, -0.25) is 4.79 Å². The number of aliphatic hydroxyl groups is 1. The van der Waals surface area contributed by atoms with Gasteiger partial charge in [0, 0.05) is 12.6 Å².